The number of piperidine rings is 1. The van der Waals surface area contributed by atoms with Gasteiger partial charge in [-0.15, -0.1) is 0 Å². The second-order valence-corrected chi connectivity index (χ2v) is 18.2. The molecular weight excluding hydrogens is 758 g/mol. The smallest absolute Gasteiger partial charge is 0.239 e. The standard InChI is InChI=1S/C45H70FN5O6S/c1-6-7-8-9-10-11-12-13-14-15-16-17-18-19-20-21-42(55)51-30-28-37(29-31-51)47-41(54)33-39(53)32-38(52)26-27-40-43(34(2)3)48-45(50(4)58(5,56)57)49-44(40)35-22-24-36(46)25-23-35/h13-14,22-27,34,37-39,52-53H,6-12,15-21,28-33H2,1-5H3,(H,47,54)/b14-13-,27-26?. The number of unbranched alkanes of at least 4 members (excludes halogenated alkanes) is 11. The van der Waals surface area contributed by atoms with Crippen molar-refractivity contribution in [1.29, 1.82) is 0 Å². The van der Waals surface area contributed by atoms with E-state index in [0.29, 0.717) is 54.9 Å². The van der Waals surface area contributed by atoms with E-state index in [2.05, 4.69) is 34.4 Å². The zero-order valence-electron chi connectivity index (χ0n) is 35.7. The van der Waals surface area contributed by atoms with Crippen molar-refractivity contribution in [2.75, 3.05) is 30.7 Å². The highest BCUT2D eigenvalue weighted by Crippen LogP contribution is 2.32. The third-order valence-electron chi connectivity index (χ3n) is 10.7. The minimum atomic E-state index is -3.68. The lowest BCUT2D eigenvalue weighted by atomic mass is 9.97. The topological polar surface area (TPSA) is 153 Å². The van der Waals surface area contributed by atoms with Crippen LogP contribution in [0.2, 0.25) is 0 Å². The Kier molecular flexibility index (Phi) is 21.6. The van der Waals surface area contributed by atoms with Gasteiger partial charge >= 0.3 is 0 Å². The number of hydrogen-bond donors (Lipinski definition) is 3. The molecule has 0 spiro atoms. The van der Waals surface area contributed by atoms with Gasteiger partial charge in [-0.05, 0) is 75.1 Å². The van der Waals surface area contributed by atoms with Crippen molar-refractivity contribution in [3.8, 4) is 11.3 Å². The van der Waals surface area contributed by atoms with E-state index in [-0.39, 0.29) is 42.6 Å². The van der Waals surface area contributed by atoms with Crippen molar-refractivity contribution < 1.29 is 32.6 Å². The zero-order chi connectivity index (χ0) is 42.5. The normalized spacial score (nSPS) is 15.1. The van der Waals surface area contributed by atoms with E-state index < -0.39 is 28.0 Å². The number of aromatic nitrogens is 2. The van der Waals surface area contributed by atoms with E-state index in [0.717, 1.165) is 36.2 Å². The van der Waals surface area contributed by atoms with Gasteiger partial charge in [0.15, 0.2) is 0 Å². The zero-order valence-corrected chi connectivity index (χ0v) is 36.5. The molecule has 1 aliphatic heterocycles. The van der Waals surface area contributed by atoms with E-state index in [4.69, 9.17) is 0 Å². The van der Waals surface area contributed by atoms with E-state index in [1.54, 1.807) is 6.08 Å². The van der Waals surface area contributed by atoms with Crippen LogP contribution < -0.4 is 9.62 Å². The summed E-state index contributed by atoms with van der Waals surface area (Å²) < 4.78 is 39.4. The van der Waals surface area contributed by atoms with E-state index >= 15 is 0 Å². The molecule has 1 fully saturated rings. The summed E-state index contributed by atoms with van der Waals surface area (Å²) in [4.78, 5) is 36.6. The molecule has 2 amide bonds. The van der Waals surface area contributed by atoms with Crippen molar-refractivity contribution in [2.24, 2.45) is 0 Å². The van der Waals surface area contributed by atoms with Gasteiger partial charge < -0.3 is 20.4 Å². The number of rotatable bonds is 26. The summed E-state index contributed by atoms with van der Waals surface area (Å²) in [6.07, 6.45) is 24.0. The summed E-state index contributed by atoms with van der Waals surface area (Å²) in [7, 11) is -2.33. The summed E-state index contributed by atoms with van der Waals surface area (Å²) in [6, 6.07) is 5.53. The fourth-order valence-electron chi connectivity index (χ4n) is 7.12. The Morgan fingerprint density at radius 1 is 0.931 bits per heavy atom. The fraction of sp³-hybridized carbons (Fsp3) is 0.644. The Bertz CT molecular complexity index is 1710. The van der Waals surface area contributed by atoms with Crippen LogP contribution in [0.4, 0.5) is 10.3 Å². The lowest BCUT2D eigenvalue weighted by molar-refractivity contribution is -0.132. The highest BCUT2D eigenvalue weighted by Gasteiger charge is 2.25. The fourth-order valence-corrected chi connectivity index (χ4v) is 7.50. The molecule has 0 aliphatic carbocycles. The van der Waals surface area contributed by atoms with Crippen molar-refractivity contribution in [1.82, 2.24) is 20.2 Å². The van der Waals surface area contributed by atoms with Crippen LogP contribution in [-0.2, 0) is 19.6 Å². The Labute approximate surface area is 347 Å². The molecule has 1 aliphatic rings. The highest BCUT2D eigenvalue weighted by molar-refractivity contribution is 7.92. The maximum Gasteiger partial charge on any atom is 0.239 e. The lowest BCUT2D eigenvalue weighted by Crippen LogP contribution is -2.47. The van der Waals surface area contributed by atoms with Crippen LogP contribution in [0.25, 0.3) is 17.3 Å². The quantitative estimate of drug-likeness (QED) is 0.0631. The number of likely N-dealkylation sites (tertiary alicyclic amines) is 1. The molecule has 2 unspecified atom stereocenters. The molecule has 0 bridgehead atoms. The molecule has 13 heteroatoms. The molecule has 0 saturated carbocycles. The van der Waals surface area contributed by atoms with Crippen molar-refractivity contribution in [2.45, 2.75) is 161 Å². The maximum atomic E-state index is 13.8. The summed E-state index contributed by atoms with van der Waals surface area (Å²) in [6.45, 7) is 7.21. The molecule has 2 heterocycles. The van der Waals surface area contributed by atoms with Crippen LogP contribution in [0.1, 0.15) is 154 Å². The number of aliphatic hydroxyl groups is 2. The SMILES string of the molecule is CCCCCCCC/C=C\CCCCCCCC(=O)N1CCC(NC(=O)CC(O)CC(O)C=Cc2c(-c3ccc(F)cc3)nc(N(C)S(C)(=O)=O)nc2C(C)C)CC1. The molecule has 3 rings (SSSR count). The summed E-state index contributed by atoms with van der Waals surface area (Å²) >= 11 is 0. The third-order valence-corrected chi connectivity index (χ3v) is 11.9. The Morgan fingerprint density at radius 2 is 1.52 bits per heavy atom. The summed E-state index contributed by atoms with van der Waals surface area (Å²) in [5.41, 5.74) is 1.90. The van der Waals surface area contributed by atoms with Gasteiger partial charge in [0.2, 0.25) is 27.8 Å². The predicted molar refractivity (Wildman–Crippen MR) is 232 cm³/mol. The number of carbonyl (C=O) groups excluding carboxylic acids is 2. The van der Waals surface area contributed by atoms with E-state index in [9.17, 15) is 32.6 Å². The molecular formula is C45H70FN5O6S. The third kappa shape index (κ3) is 17.7. The van der Waals surface area contributed by atoms with E-state index in [1.807, 2.05) is 18.7 Å². The van der Waals surface area contributed by atoms with Gasteiger partial charge in [-0.25, -0.2) is 27.1 Å². The van der Waals surface area contributed by atoms with Gasteiger partial charge in [0.05, 0.1) is 36.3 Å². The lowest BCUT2D eigenvalue weighted by Gasteiger charge is -2.32. The van der Waals surface area contributed by atoms with Crippen LogP contribution in [0, 0.1) is 5.82 Å². The number of amides is 2. The number of hydrogen-bond acceptors (Lipinski definition) is 8. The van der Waals surface area contributed by atoms with Crippen LogP contribution in [0.3, 0.4) is 0 Å². The molecule has 1 saturated heterocycles. The number of nitrogens with zero attached hydrogens (tertiary/aromatic N) is 4. The molecule has 58 heavy (non-hydrogen) atoms. The molecule has 11 nitrogen and oxygen atoms in total. The Hall–Kier alpha value is -3.68. The molecule has 324 valence electrons. The first kappa shape index (κ1) is 48.7. The predicted octanol–water partition coefficient (Wildman–Crippen LogP) is 8.46. The number of carbonyl (C=O) groups is 2. The van der Waals surface area contributed by atoms with Crippen LogP contribution in [0.5, 0.6) is 0 Å². The number of anilines is 1. The highest BCUT2D eigenvalue weighted by atomic mass is 32.2. The minimum Gasteiger partial charge on any atom is -0.392 e. The van der Waals surface area contributed by atoms with E-state index in [1.165, 1.54) is 95.2 Å². The van der Waals surface area contributed by atoms with Crippen molar-refractivity contribution in [3.63, 3.8) is 0 Å². The summed E-state index contributed by atoms with van der Waals surface area (Å²) in [5.74, 6) is -0.811. The first-order chi connectivity index (χ1) is 27.7. The first-order valence-corrected chi connectivity index (χ1v) is 23.4. The van der Waals surface area contributed by atoms with Crippen LogP contribution >= 0.6 is 0 Å². The number of halogens is 1. The Balaban J connectivity index is 1.39. The second kappa shape index (κ2) is 25.7. The molecule has 1 aromatic heterocycles. The summed E-state index contributed by atoms with van der Waals surface area (Å²) in [5, 5.41) is 24.5. The van der Waals surface area contributed by atoms with Crippen molar-refractivity contribution in [3.05, 3.63) is 59.6 Å². The maximum absolute atomic E-state index is 13.8. The second-order valence-electron chi connectivity index (χ2n) is 16.1. The van der Waals surface area contributed by atoms with Gasteiger partial charge in [-0.2, -0.15) is 0 Å². The van der Waals surface area contributed by atoms with Crippen LogP contribution in [-0.4, -0.2) is 90.0 Å². The molecule has 3 N–H and O–H groups in total. The Morgan fingerprint density at radius 3 is 2.10 bits per heavy atom. The number of aliphatic hydroxyl groups excluding tert-OH is 2. The van der Waals surface area contributed by atoms with Gasteiger partial charge in [-0.3, -0.25) is 9.59 Å². The largest absolute Gasteiger partial charge is 0.392 e. The van der Waals surface area contributed by atoms with Crippen LogP contribution in [0.15, 0.2) is 42.5 Å². The molecule has 2 aromatic rings. The number of benzene rings is 1. The number of allylic oxidation sites excluding steroid dienone is 2. The van der Waals surface area contributed by atoms with Gasteiger partial charge in [0, 0.05) is 50.1 Å². The average molecular weight is 828 g/mol. The van der Waals surface area contributed by atoms with Gasteiger partial charge in [-0.1, -0.05) is 96.4 Å². The first-order valence-electron chi connectivity index (χ1n) is 21.6. The van der Waals surface area contributed by atoms with Crippen molar-refractivity contribution >= 4 is 33.9 Å². The molecule has 0 radical (unpaired) electrons. The monoisotopic (exact) mass is 828 g/mol. The average Bonchev–Trinajstić information content (AvgIpc) is 3.18. The molecule has 1 aromatic carbocycles. The number of nitrogens with one attached hydrogen (secondary N) is 1. The van der Waals surface area contributed by atoms with Gasteiger partial charge in [0.1, 0.15) is 5.82 Å². The minimum absolute atomic E-state index is 0.0457. The van der Waals surface area contributed by atoms with Gasteiger partial charge in [0.25, 0.3) is 0 Å². The number of sulfonamides is 1. The molecule has 2 atom stereocenters.